The van der Waals surface area contributed by atoms with Crippen LogP contribution in [0.4, 0.5) is 4.39 Å². The van der Waals surface area contributed by atoms with E-state index in [9.17, 15) is 4.39 Å². The number of aryl methyl sites for hydroxylation is 1. The first-order valence-electron chi connectivity index (χ1n) is 13.0. The Balaban J connectivity index is 1.66. The smallest absolute Gasteiger partial charge is 0.123 e. The lowest BCUT2D eigenvalue weighted by molar-refractivity contribution is 0.389. The van der Waals surface area contributed by atoms with Crippen molar-refractivity contribution >= 4 is 5.57 Å². The zero-order chi connectivity index (χ0) is 25.4. The van der Waals surface area contributed by atoms with E-state index < -0.39 is 0 Å². The normalized spacial score (nSPS) is 18.1. The molecule has 0 spiro atoms. The molecule has 0 fully saturated rings. The molecule has 0 saturated carbocycles. The zero-order valence-electron chi connectivity index (χ0n) is 22.0. The number of allylic oxidation sites excluding steroid dienone is 6. The van der Waals surface area contributed by atoms with E-state index in [1.807, 2.05) is 6.07 Å². The fourth-order valence-electron chi connectivity index (χ4n) is 4.84. The van der Waals surface area contributed by atoms with Gasteiger partial charge in [-0.3, -0.25) is 0 Å². The van der Waals surface area contributed by atoms with Crippen LogP contribution in [0.3, 0.4) is 0 Å². The van der Waals surface area contributed by atoms with Gasteiger partial charge in [0.15, 0.2) is 0 Å². The number of nitrogens with one attached hydrogen (secondary N) is 1. The molecule has 3 N–H and O–H groups in total. The van der Waals surface area contributed by atoms with E-state index >= 15 is 0 Å². The molecule has 2 unspecified atom stereocenters. The predicted octanol–water partition coefficient (Wildman–Crippen LogP) is 6.31. The van der Waals surface area contributed by atoms with Gasteiger partial charge in [-0.1, -0.05) is 37.3 Å². The van der Waals surface area contributed by atoms with Crippen LogP contribution in [0.15, 0.2) is 72.4 Å². The summed E-state index contributed by atoms with van der Waals surface area (Å²) >= 11 is 0. The van der Waals surface area contributed by atoms with Crippen molar-refractivity contribution in [2.45, 2.75) is 65.0 Å². The number of nitrogens with two attached hydrogens (primary N) is 1. The van der Waals surface area contributed by atoms with E-state index in [0.717, 1.165) is 56.1 Å². The van der Waals surface area contributed by atoms with E-state index in [4.69, 9.17) is 5.73 Å². The maximum absolute atomic E-state index is 14.3. The van der Waals surface area contributed by atoms with Crippen LogP contribution in [-0.4, -0.2) is 36.6 Å². The number of nitrogens with zero attached hydrogens (tertiary/aromatic N) is 2. The molecule has 3 rings (SSSR count). The molecule has 0 bridgehead atoms. The summed E-state index contributed by atoms with van der Waals surface area (Å²) in [5.41, 5.74) is 12.9. The van der Waals surface area contributed by atoms with Crippen molar-refractivity contribution in [3.63, 3.8) is 0 Å². The van der Waals surface area contributed by atoms with Crippen LogP contribution in [-0.2, 0) is 6.42 Å². The van der Waals surface area contributed by atoms with Crippen LogP contribution in [0, 0.1) is 11.7 Å². The van der Waals surface area contributed by atoms with Gasteiger partial charge >= 0.3 is 0 Å². The molecule has 5 heteroatoms. The highest BCUT2D eigenvalue weighted by Gasteiger charge is 2.25. The number of benzene rings is 1. The van der Waals surface area contributed by atoms with Crippen LogP contribution in [0.2, 0.25) is 0 Å². The van der Waals surface area contributed by atoms with Crippen LogP contribution < -0.4 is 11.1 Å². The molecular weight excluding hydrogens is 435 g/mol. The summed E-state index contributed by atoms with van der Waals surface area (Å²) in [7, 11) is 4.11. The molecule has 1 aromatic carbocycles. The Bertz CT molecular complexity index is 1000. The van der Waals surface area contributed by atoms with Crippen LogP contribution in [0.5, 0.6) is 0 Å². The Morgan fingerprint density at radius 3 is 2.77 bits per heavy atom. The van der Waals surface area contributed by atoms with Crippen LogP contribution in [0.1, 0.15) is 63.5 Å². The average molecular weight is 479 g/mol. The van der Waals surface area contributed by atoms with Crippen molar-refractivity contribution in [1.29, 1.82) is 0 Å². The third-order valence-electron chi connectivity index (χ3n) is 7.22. The fourth-order valence-corrected chi connectivity index (χ4v) is 4.84. The highest BCUT2D eigenvalue weighted by Crippen LogP contribution is 2.32. The molecule has 1 aromatic rings. The Kier molecular flexibility index (Phi) is 9.79. The first-order valence-corrected chi connectivity index (χ1v) is 13.0. The molecule has 190 valence electrons. The van der Waals surface area contributed by atoms with E-state index in [1.165, 1.54) is 22.5 Å². The topological polar surface area (TPSA) is 44.5 Å². The van der Waals surface area contributed by atoms with E-state index in [-0.39, 0.29) is 12.0 Å². The molecule has 35 heavy (non-hydrogen) atoms. The minimum atomic E-state index is -0.192. The number of rotatable bonds is 13. The lowest BCUT2D eigenvalue weighted by Gasteiger charge is -2.28. The van der Waals surface area contributed by atoms with Crippen molar-refractivity contribution in [3.8, 4) is 0 Å². The van der Waals surface area contributed by atoms with E-state index in [2.05, 4.69) is 80.3 Å². The summed E-state index contributed by atoms with van der Waals surface area (Å²) in [5.74, 6) is 0.342. The minimum absolute atomic E-state index is 0.130. The minimum Gasteiger partial charge on any atom is -0.381 e. The van der Waals surface area contributed by atoms with Crippen molar-refractivity contribution in [3.05, 3.63) is 89.3 Å². The first-order chi connectivity index (χ1) is 16.8. The predicted molar refractivity (Wildman–Crippen MR) is 147 cm³/mol. The summed E-state index contributed by atoms with van der Waals surface area (Å²) in [4.78, 5) is 4.35. The summed E-state index contributed by atoms with van der Waals surface area (Å²) in [6.45, 7) is 9.29. The molecule has 0 saturated heterocycles. The molecule has 0 amide bonds. The number of hydrogen-bond acceptors (Lipinski definition) is 4. The number of halogens is 1. The third kappa shape index (κ3) is 7.11. The Morgan fingerprint density at radius 1 is 1.26 bits per heavy atom. The van der Waals surface area contributed by atoms with Crippen LogP contribution >= 0.6 is 0 Å². The molecule has 2 heterocycles. The lowest BCUT2D eigenvalue weighted by Crippen LogP contribution is -2.33. The number of hydrogen-bond donors (Lipinski definition) is 2. The molecule has 0 aromatic heterocycles. The summed E-state index contributed by atoms with van der Waals surface area (Å²) in [6.07, 6.45) is 17.9. The monoisotopic (exact) mass is 478 g/mol. The molecule has 0 aliphatic carbocycles. The molecular formula is C30H43FN4. The second-order valence-electron chi connectivity index (χ2n) is 9.91. The van der Waals surface area contributed by atoms with Gasteiger partial charge in [-0.2, -0.15) is 0 Å². The standard InChI is InChI=1S/C30H43FN4/c1-6-24(22(2)12-13-23(3)34(4)5)9-7-10-25-14-16-27(31)19-29(25)26-15-17-30-33-20-28(11-8-18-32)35(30)21-26/h6,14-17,19-22,30,33H,3,7-13,18,32H2,1-2,4-5H3/b24-6+. The second-order valence-corrected chi connectivity index (χ2v) is 9.91. The van der Waals surface area contributed by atoms with Gasteiger partial charge in [0.25, 0.3) is 0 Å². The van der Waals surface area contributed by atoms with Crippen LogP contribution in [0.25, 0.3) is 5.57 Å². The highest BCUT2D eigenvalue weighted by molar-refractivity contribution is 5.77. The SMILES string of the molecule is C=C(CCC(C)/C(=C/C)CCCc1ccc(F)cc1C1=CN2C(CCCN)=CNC2C=C1)N(C)C. The van der Waals surface area contributed by atoms with Gasteiger partial charge in [-0.15, -0.1) is 0 Å². The second kappa shape index (κ2) is 12.8. The first kappa shape index (κ1) is 26.8. The third-order valence-corrected chi connectivity index (χ3v) is 7.22. The average Bonchev–Trinajstić information content (AvgIpc) is 3.26. The molecule has 4 nitrogen and oxygen atoms in total. The van der Waals surface area contributed by atoms with Crippen molar-refractivity contribution < 1.29 is 4.39 Å². The van der Waals surface area contributed by atoms with Gasteiger partial charge < -0.3 is 20.9 Å². The van der Waals surface area contributed by atoms with Gasteiger partial charge in [0.1, 0.15) is 12.0 Å². The number of fused-ring (bicyclic) bond motifs is 1. The van der Waals surface area contributed by atoms with Gasteiger partial charge in [0, 0.05) is 37.9 Å². The van der Waals surface area contributed by atoms with Crippen molar-refractivity contribution in [1.82, 2.24) is 15.1 Å². The molecule has 2 aliphatic heterocycles. The fraction of sp³-hybridized carbons (Fsp3) is 0.467. The molecule has 2 aliphatic rings. The maximum Gasteiger partial charge on any atom is 0.123 e. The van der Waals surface area contributed by atoms with Gasteiger partial charge in [-0.05, 0) is 99.2 Å². The quantitative estimate of drug-likeness (QED) is 0.326. The van der Waals surface area contributed by atoms with E-state index in [1.54, 1.807) is 12.1 Å². The summed E-state index contributed by atoms with van der Waals surface area (Å²) in [6, 6.07) is 5.23. The Hall–Kier alpha value is -2.79. The Morgan fingerprint density at radius 2 is 2.06 bits per heavy atom. The van der Waals surface area contributed by atoms with Gasteiger partial charge in [-0.25, -0.2) is 4.39 Å². The van der Waals surface area contributed by atoms with Crippen molar-refractivity contribution in [2.24, 2.45) is 11.7 Å². The van der Waals surface area contributed by atoms with Crippen molar-refractivity contribution in [2.75, 3.05) is 20.6 Å². The zero-order valence-corrected chi connectivity index (χ0v) is 22.0. The highest BCUT2D eigenvalue weighted by atomic mass is 19.1. The van der Waals surface area contributed by atoms with E-state index in [0.29, 0.717) is 12.5 Å². The van der Waals surface area contributed by atoms with Gasteiger partial charge in [0.05, 0.1) is 0 Å². The summed E-state index contributed by atoms with van der Waals surface area (Å²) < 4.78 is 14.3. The Labute approximate surface area is 211 Å². The lowest BCUT2D eigenvalue weighted by atomic mass is 9.89. The largest absolute Gasteiger partial charge is 0.381 e. The maximum atomic E-state index is 14.3. The summed E-state index contributed by atoms with van der Waals surface area (Å²) in [5, 5.41) is 3.41. The van der Waals surface area contributed by atoms with Gasteiger partial charge in [0.2, 0.25) is 0 Å². The molecule has 2 atom stereocenters. The molecule has 0 radical (unpaired) electrons.